The van der Waals surface area contributed by atoms with Crippen LogP contribution in [0.3, 0.4) is 0 Å². The zero-order valence-corrected chi connectivity index (χ0v) is 14.1. The molecule has 0 saturated heterocycles. The normalized spacial score (nSPS) is 17.0. The van der Waals surface area contributed by atoms with Gasteiger partial charge in [0.1, 0.15) is 18.2 Å². The van der Waals surface area contributed by atoms with Crippen LogP contribution in [0.25, 0.3) is 10.9 Å². The third kappa shape index (κ3) is 3.13. The summed E-state index contributed by atoms with van der Waals surface area (Å²) in [5.41, 5.74) is 2.05. The average Bonchev–Trinajstić information content (AvgIpc) is 3.04. The van der Waals surface area contributed by atoms with E-state index in [0.717, 1.165) is 28.9 Å². The number of hydrogen-bond donors (Lipinski definition) is 2. The van der Waals surface area contributed by atoms with Crippen molar-refractivity contribution in [2.75, 3.05) is 19.0 Å². The molecule has 0 saturated carbocycles. The highest BCUT2D eigenvalue weighted by Crippen LogP contribution is 2.25. The van der Waals surface area contributed by atoms with Gasteiger partial charge in [-0.3, -0.25) is 10.1 Å². The number of methoxy groups -OCH3 is 1. The summed E-state index contributed by atoms with van der Waals surface area (Å²) in [6.45, 7) is 2.51. The number of aliphatic imine (C=N–C) groups is 1. The van der Waals surface area contributed by atoms with Gasteiger partial charge in [-0.2, -0.15) is 0 Å². The number of ether oxygens (including phenoxy) is 2. The molecule has 0 amide bonds. The highest BCUT2D eigenvalue weighted by molar-refractivity contribution is 5.95. The predicted octanol–water partition coefficient (Wildman–Crippen LogP) is 2.80. The second-order valence-corrected chi connectivity index (χ2v) is 5.96. The van der Waals surface area contributed by atoms with Crippen molar-refractivity contribution in [3.8, 4) is 11.6 Å². The smallest absolute Gasteiger partial charge is 0.241 e. The fourth-order valence-electron chi connectivity index (χ4n) is 3.00. The summed E-state index contributed by atoms with van der Waals surface area (Å²) in [5, 5.41) is 11.1. The molecule has 1 aromatic carbocycles. The van der Waals surface area contributed by atoms with Gasteiger partial charge in [-0.05, 0) is 18.6 Å². The van der Waals surface area contributed by atoms with Gasteiger partial charge in [0.15, 0.2) is 0 Å². The van der Waals surface area contributed by atoms with E-state index in [-0.39, 0.29) is 6.04 Å². The molecule has 0 radical (unpaired) electrons. The fraction of sp³-hybridized carbons (Fsp3) is 0.278. The summed E-state index contributed by atoms with van der Waals surface area (Å²) < 4.78 is 11.0. The first-order chi connectivity index (χ1) is 12.2. The second-order valence-electron chi connectivity index (χ2n) is 5.96. The molecular formula is C18H19N5O2. The Hall–Kier alpha value is -3.09. The molecule has 1 aliphatic rings. The molecule has 2 aromatic heterocycles. The van der Waals surface area contributed by atoms with Crippen LogP contribution in [0.4, 0.5) is 5.82 Å². The number of nitrogens with one attached hydrogen (secondary N) is 2. The van der Waals surface area contributed by atoms with Gasteiger partial charge in [-0.1, -0.05) is 18.2 Å². The van der Waals surface area contributed by atoms with E-state index >= 15 is 0 Å². The van der Waals surface area contributed by atoms with Gasteiger partial charge >= 0.3 is 0 Å². The standard InChI is InChI=1S/C18H19N5O2/c1-11(20-13-7-12-5-3-4-6-16(12)25-10-13)21-17-8-15-14(9-19-17)18(24-2)23-22-15/h3-6,8-9,13H,7,10H2,1-2H3,(H,22,23)(H,19,20,21). The summed E-state index contributed by atoms with van der Waals surface area (Å²) in [4.78, 5) is 9.12. The Morgan fingerprint density at radius 3 is 3.16 bits per heavy atom. The number of hydrogen-bond acceptors (Lipinski definition) is 5. The molecule has 1 aliphatic heterocycles. The number of pyridine rings is 1. The molecule has 7 nitrogen and oxygen atoms in total. The van der Waals surface area contributed by atoms with Crippen molar-refractivity contribution in [1.82, 2.24) is 15.2 Å². The Morgan fingerprint density at radius 2 is 2.28 bits per heavy atom. The second kappa shape index (κ2) is 6.43. The van der Waals surface area contributed by atoms with Crippen LogP contribution >= 0.6 is 0 Å². The number of fused-ring (bicyclic) bond motifs is 2. The van der Waals surface area contributed by atoms with Gasteiger partial charge in [0, 0.05) is 18.7 Å². The topological polar surface area (TPSA) is 84.4 Å². The van der Waals surface area contributed by atoms with E-state index in [0.29, 0.717) is 18.3 Å². The minimum Gasteiger partial charge on any atom is -0.491 e. The fourth-order valence-corrected chi connectivity index (χ4v) is 3.00. The Kier molecular flexibility index (Phi) is 3.97. The third-order valence-electron chi connectivity index (χ3n) is 4.15. The van der Waals surface area contributed by atoms with E-state index in [1.54, 1.807) is 13.3 Å². The van der Waals surface area contributed by atoms with Crippen molar-refractivity contribution in [1.29, 1.82) is 0 Å². The molecular weight excluding hydrogens is 318 g/mol. The average molecular weight is 337 g/mol. The zero-order valence-electron chi connectivity index (χ0n) is 14.1. The number of amidine groups is 1. The number of nitrogens with zero attached hydrogens (tertiary/aromatic N) is 3. The number of para-hydroxylation sites is 1. The quantitative estimate of drug-likeness (QED) is 0.567. The molecule has 7 heteroatoms. The van der Waals surface area contributed by atoms with Gasteiger partial charge in [0.2, 0.25) is 5.88 Å². The summed E-state index contributed by atoms with van der Waals surface area (Å²) in [6, 6.07) is 10.1. The summed E-state index contributed by atoms with van der Waals surface area (Å²) in [6.07, 6.45) is 2.60. The summed E-state index contributed by atoms with van der Waals surface area (Å²) >= 11 is 0. The number of H-pyrrole nitrogens is 1. The Balaban J connectivity index is 1.48. The first-order valence-corrected chi connectivity index (χ1v) is 8.13. The maximum absolute atomic E-state index is 5.78. The van der Waals surface area contributed by atoms with E-state index in [2.05, 4.69) is 26.6 Å². The van der Waals surface area contributed by atoms with Crippen LogP contribution in [-0.4, -0.2) is 40.8 Å². The molecule has 3 aromatic rings. The minimum absolute atomic E-state index is 0.0957. The Bertz CT molecular complexity index is 934. The minimum atomic E-state index is 0.0957. The lowest BCUT2D eigenvalue weighted by atomic mass is 10.0. The van der Waals surface area contributed by atoms with E-state index in [4.69, 9.17) is 14.5 Å². The lowest BCUT2D eigenvalue weighted by molar-refractivity contribution is 0.264. The SMILES string of the molecule is COc1n[nH]c2cc(NC(C)=NC3COc4ccccc4C3)ncc12. The largest absolute Gasteiger partial charge is 0.491 e. The van der Waals surface area contributed by atoms with E-state index in [1.165, 1.54) is 5.56 Å². The first-order valence-electron chi connectivity index (χ1n) is 8.13. The van der Waals surface area contributed by atoms with Crippen LogP contribution in [0.2, 0.25) is 0 Å². The Labute approximate surface area is 145 Å². The van der Waals surface area contributed by atoms with Gasteiger partial charge in [0.05, 0.1) is 29.9 Å². The van der Waals surface area contributed by atoms with Crippen LogP contribution in [0.5, 0.6) is 11.6 Å². The molecule has 1 atom stereocenters. The maximum Gasteiger partial charge on any atom is 0.241 e. The molecule has 0 spiro atoms. The van der Waals surface area contributed by atoms with Crippen LogP contribution in [-0.2, 0) is 6.42 Å². The molecule has 4 rings (SSSR count). The zero-order chi connectivity index (χ0) is 17.2. The molecule has 1 unspecified atom stereocenters. The third-order valence-corrected chi connectivity index (χ3v) is 4.15. The van der Waals surface area contributed by atoms with Gasteiger partial charge < -0.3 is 14.8 Å². The first kappa shape index (κ1) is 15.4. The van der Waals surface area contributed by atoms with Crippen molar-refractivity contribution in [2.45, 2.75) is 19.4 Å². The van der Waals surface area contributed by atoms with Crippen molar-refractivity contribution in [2.24, 2.45) is 4.99 Å². The highest BCUT2D eigenvalue weighted by Gasteiger charge is 2.18. The molecule has 2 N–H and O–H groups in total. The van der Waals surface area contributed by atoms with Crippen molar-refractivity contribution < 1.29 is 9.47 Å². The lowest BCUT2D eigenvalue weighted by Gasteiger charge is -2.23. The molecule has 0 bridgehead atoms. The lowest BCUT2D eigenvalue weighted by Crippen LogP contribution is -2.26. The number of aromatic nitrogens is 3. The van der Waals surface area contributed by atoms with Crippen molar-refractivity contribution >= 4 is 22.6 Å². The Morgan fingerprint density at radius 1 is 1.40 bits per heavy atom. The molecule has 0 fully saturated rings. The monoisotopic (exact) mass is 337 g/mol. The molecule has 128 valence electrons. The molecule has 25 heavy (non-hydrogen) atoms. The van der Waals surface area contributed by atoms with Crippen molar-refractivity contribution in [3.63, 3.8) is 0 Å². The van der Waals surface area contributed by atoms with Crippen molar-refractivity contribution in [3.05, 3.63) is 42.1 Å². The number of anilines is 1. The number of benzene rings is 1. The molecule has 3 heterocycles. The van der Waals surface area contributed by atoms with Gasteiger partial charge in [-0.25, -0.2) is 4.98 Å². The van der Waals surface area contributed by atoms with Crippen LogP contribution in [0, 0.1) is 0 Å². The van der Waals surface area contributed by atoms with Crippen LogP contribution in [0.1, 0.15) is 12.5 Å². The molecule has 0 aliphatic carbocycles. The van der Waals surface area contributed by atoms with E-state index in [9.17, 15) is 0 Å². The summed E-state index contributed by atoms with van der Waals surface area (Å²) in [5.74, 6) is 3.00. The van der Waals surface area contributed by atoms with Gasteiger partial charge in [-0.15, -0.1) is 5.10 Å². The van der Waals surface area contributed by atoms with E-state index < -0.39 is 0 Å². The predicted molar refractivity (Wildman–Crippen MR) is 96.6 cm³/mol. The number of rotatable bonds is 3. The number of aromatic amines is 1. The van der Waals surface area contributed by atoms with Crippen LogP contribution in [0.15, 0.2) is 41.5 Å². The summed E-state index contributed by atoms with van der Waals surface area (Å²) in [7, 11) is 1.59. The maximum atomic E-state index is 5.78. The van der Waals surface area contributed by atoms with Gasteiger partial charge in [0.25, 0.3) is 0 Å². The van der Waals surface area contributed by atoms with Crippen LogP contribution < -0.4 is 14.8 Å². The highest BCUT2D eigenvalue weighted by atomic mass is 16.5. The van der Waals surface area contributed by atoms with E-state index in [1.807, 2.05) is 31.2 Å².